The molecule has 0 heterocycles. The number of hydrogen-bond acceptors (Lipinski definition) is 4. The summed E-state index contributed by atoms with van der Waals surface area (Å²) in [5, 5.41) is 29.1. The summed E-state index contributed by atoms with van der Waals surface area (Å²) < 4.78 is 0. The molecule has 0 saturated heterocycles. The molecule has 0 N–H and O–H groups in total. The number of nitrogens with zero attached hydrogens (tertiary/aromatic N) is 3. The van der Waals surface area contributed by atoms with Crippen LogP contribution in [0.5, 0.6) is 0 Å². The van der Waals surface area contributed by atoms with Gasteiger partial charge in [-0.25, -0.2) is 0 Å². The number of hydrogen-bond donors (Lipinski definition) is 0. The van der Waals surface area contributed by atoms with E-state index in [1.165, 1.54) is 24.3 Å². The summed E-state index contributed by atoms with van der Waals surface area (Å²) >= 11 is 0. The van der Waals surface area contributed by atoms with Crippen LogP contribution in [-0.2, 0) is 0 Å². The van der Waals surface area contributed by atoms with Gasteiger partial charge in [0.15, 0.2) is 0 Å². The Bertz CT molecular complexity index is 821. The monoisotopic (exact) mass is 301 g/mol. The van der Waals surface area contributed by atoms with Crippen molar-refractivity contribution in [3.05, 3.63) is 93.6 Å². The van der Waals surface area contributed by atoms with Gasteiger partial charge in [-0.2, -0.15) is 10.5 Å². The van der Waals surface area contributed by atoms with E-state index >= 15 is 0 Å². The minimum absolute atomic E-state index is 0.0466. The fourth-order valence-electron chi connectivity index (χ4n) is 1.99. The molecule has 1 aliphatic carbocycles. The largest absolute Gasteiger partial charge is 0.269 e. The van der Waals surface area contributed by atoms with Crippen LogP contribution in [0.2, 0.25) is 0 Å². The molecular formula is C18H11N3O2. The van der Waals surface area contributed by atoms with E-state index < -0.39 is 4.92 Å². The standard InChI is InChI=1S/C18H11N3O2/c19-12-16(13-20)18(11-14-5-3-1-2-4-6-14)15-7-9-17(10-8-15)21(22)23/h1-11H. The average Bonchev–Trinajstić information content (AvgIpc) is 2.84. The Hall–Kier alpha value is -3.70. The SMILES string of the molecule is N#CC(C#N)=C(C=C1C=CC=CC=C1)c1ccc([N+](=O)[O-])cc1. The fraction of sp³-hybridized carbons (Fsp3) is 0. The van der Waals surface area contributed by atoms with Crippen LogP contribution in [-0.4, -0.2) is 4.92 Å². The molecule has 1 aliphatic rings. The Morgan fingerprint density at radius 2 is 1.57 bits per heavy atom. The van der Waals surface area contributed by atoms with Crippen molar-refractivity contribution in [2.45, 2.75) is 0 Å². The van der Waals surface area contributed by atoms with Gasteiger partial charge < -0.3 is 0 Å². The van der Waals surface area contributed by atoms with Gasteiger partial charge in [0, 0.05) is 17.7 Å². The predicted molar refractivity (Wildman–Crippen MR) is 86.7 cm³/mol. The molecule has 0 aromatic heterocycles. The fourth-order valence-corrected chi connectivity index (χ4v) is 1.99. The van der Waals surface area contributed by atoms with E-state index in [1.807, 2.05) is 48.6 Å². The summed E-state index contributed by atoms with van der Waals surface area (Å²) in [6, 6.07) is 9.49. The molecule has 0 unspecified atom stereocenters. The van der Waals surface area contributed by atoms with Crippen molar-refractivity contribution in [3.8, 4) is 12.1 Å². The van der Waals surface area contributed by atoms with E-state index in [2.05, 4.69) is 0 Å². The number of nitriles is 2. The Labute approximate surface area is 133 Å². The van der Waals surface area contributed by atoms with Crippen molar-refractivity contribution < 1.29 is 4.92 Å². The lowest BCUT2D eigenvalue weighted by atomic mass is 9.98. The van der Waals surface area contributed by atoms with Crippen molar-refractivity contribution in [2.24, 2.45) is 0 Å². The van der Waals surface area contributed by atoms with Crippen molar-refractivity contribution >= 4 is 11.3 Å². The quantitative estimate of drug-likeness (QED) is 0.479. The molecule has 23 heavy (non-hydrogen) atoms. The van der Waals surface area contributed by atoms with Gasteiger partial charge in [0.25, 0.3) is 5.69 Å². The molecule has 0 aliphatic heterocycles. The van der Waals surface area contributed by atoms with Gasteiger partial charge in [-0.3, -0.25) is 10.1 Å². The van der Waals surface area contributed by atoms with E-state index in [-0.39, 0.29) is 11.3 Å². The maximum absolute atomic E-state index is 10.7. The zero-order chi connectivity index (χ0) is 16.7. The highest BCUT2D eigenvalue weighted by Gasteiger charge is 2.10. The zero-order valence-corrected chi connectivity index (χ0v) is 12.0. The second-order valence-electron chi connectivity index (χ2n) is 4.56. The molecule has 110 valence electrons. The van der Waals surface area contributed by atoms with Crippen LogP contribution in [0.15, 0.2) is 77.9 Å². The second-order valence-corrected chi connectivity index (χ2v) is 4.56. The molecule has 0 spiro atoms. The van der Waals surface area contributed by atoms with E-state index in [0.717, 1.165) is 5.57 Å². The topological polar surface area (TPSA) is 90.7 Å². The number of nitro benzene ring substituents is 1. The molecule has 5 heteroatoms. The molecule has 2 rings (SSSR count). The van der Waals surface area contributed by atoms with Gasteiger partial charge >= 0.3 is 0 Å². The molecule has 0 bridgehead atoms. The van der Waals surface area contributed by atoms with Crippen molar-refractivity contribution in [1.29, 1.82) is 10.5 Å². The molecule has 0 radical (unpaired) electrons. The van der Waals surface area contributed by atoms with Crippen LogP contribution in [0.3, 0.4) is 0 Å². The maximum atomic E-state index is 10.7. The van der Waals surface area contributed by atoms with Gasteiger partial charge in [-0.05, 0) is 29.3 Å². The lowest BCUT2D eigenvalue weighted by molar-refractivity contribution is -0.384. The van der Waals surface area contributed by atoms with Crippen LogP contribution in [0.1, 0.15) is 5.56 Å². The lowest BCUT2D eigenvalue weighted by Crippen LogP contribution is -1.91. The Morgan fingerprint density at radius 3 is 2.04 bits per heavy atom. The summed E-state index contributed by atoms with van der Waals surface area (Å²) in [7, 11) is 0. The number of nitro groups is 1. The minimum atomic E-state index is -0.496. The molecule has 5 nitrogen and oxygen atoms in total. The molecular weight excluding hydrogens is 290 g/mol. The number of allylic oxidation sites excluding steroid dienone is 10. The number of rotatable bonds is 3. The molecule has 0 atom stereocenters. The summed E-state index contributed by atoms with van der Waals surface area (Å²) in [4.78, 5) is 10.2. The summed E-state index contributed by atoms with van der Waals surface area (Å²) in [5.41, 5.74) is 1.71. The first kappa shape index (κ1) is 15.7. The predicted octanol–water partition coefficient (Wildman–Crippen LogP) is 4.00. The summed E-state index contributed by atoms with van der Waals surface area (Å²) in [5.74, 6) is 0. The molecule has 1 aromatic carbocycles. The Balaban J connectivity index is 2.55. The van der Waals surface area contributed by atoms with Gasteiger partial charge in [0.1, 0.15) is 17.7 Å². The molecule has 0 amide bonds. The normalized spacial score (nSPS) is 12.0. The van der Waals surface area contributed by atoms with Crippen molar-refractivity contribution in [1.82, 2.24) is 0 Å². The van der Waals surface area contributed by atoms with Crippen LogP contribution < -0.4 is 0 Å². The van der Waals surface area contributed by atoms with Gasteiger partial charge in [-0.15, -0.1) is 0 Å². The van der Waals surface area contributed by atoms with Crippen LogP contribution >= 0.6 is 0 Å². The highest BCUT2D eigenvalue weighted by atomic mass is 16.6. The zero-order valence-electron chi connectivity index (χ0n) is 12.0. The van der Waals surface area contributed by atoms with Crippen LogP contribution in [0.25, 0.3) is 5.57 Å². The van der Waals surface area contributed by atoms with E-state index in [9.17, 15) is 10.1 Å². The lowest BCUT2D eigenvalue weighted by Gasteiger charge is -2.04. The van der Waals surface area contributed by atoms with E-state index in [0.29, 0.717) is 11.1 Å². The Morgan fingerprint density at radius 1 is 1.00 bits per heavy atom. The maximum Gasteiger partial charge on any atom is 0.269 e. The third kappa shape index (κ3) is 3.90. The third-order valence-corrected chi connectivity index (χ3v) is 3.10. The summed E-state index contributed by atoms with van der Waals surface area (Å²) in [6.45, 7) is 0. The Kier molecular flexibility index (Phi) is 5.01. The van der Waals surface area contributed by atoms with Crippen molar-refractivity contribution in [3.63, 3.8) is 0 Å². The first-order valence-corrected chi connectivity index (χ1v) is 6.68. The minimum Gasteiger partial charge on any atom is -0.258 e. The van der Waals surface area contributed by atoms with Gasteiger partial charge in [0.2, 0.25) is 0 Å². The molecule has 0 fully saturated rings. The van der Waals surface area contributed by atoms with Crippen LogP contribution in [0, 0.1) is 32.8 Å². The third-order valence-electron chi connectivity index (χ3n) is 3.10. The second kappa shape index (κ2) is 7.35. The highest BCUT2D eigenvalue weighted by molar-refractivity contribution is 5.83. The van der Waals surface area contributed by atoms with Gasteiger partial charge in [0.05, 0.1) is 4.92 Å². The van der Waals surface area contributed by atoms with Gasteiger partial charge in [-0.1, -0.05) is 36.5 Å². The first-order chi connectivity index (χ1) is 11.2. The first-order valence-electron chi connectivity index (χ1n) is 6.68. The summed E-state index contributed by atoms with van der Waals surface area (Å²) in [6.07, 6.45) is 12.8. The van der Waals surface area contributed by atoms with Crippen LogP contribution in [0.4, 0.5) is 5.69 Å². The smallest absolute Gasteiger partial charge is 0.258 e. The number of non-ortho nitro benzene ring substituents is 1. The van der Waals surface area contributed by atoms with E-state index in [1.54, 1.807) is 6.08 Å². The number of benzene rings is 1. The van der Waals surface area contributed by atoms with Crippen molar-refractivity contribution in [2.75, 3.05) is 0 Å². The molecule has 1 aromatic rings. The average molecular weight is 301 g/mol. The highest BCUT2D eigenvalue weighted by Crippen LogP contribution is 2.25. The molecule has 0 saturated carbocycles. The van der Waals surface area contributed by atoms with E-state index in [4.69, 9.17) is 10.5 Å².